The fourth-order valence-corrected chi connectivity index (χ4v) is 2.64. The largest absolute Gasteiger partial charge is 0.390 e. The van der Waals surface area contributed by atoms with Crippen LogP contribution in [-0.2, 0) is 9.53 Å². The summed E-state index contributed by atoms with van der Waals surface area (Å²) in [5, 5.41) is 9.64. The Hall–Kier alpha value is -0.410. The highest BCUT2D eigenvalue weighted by Gasteiger charge is 2.67. The van der Waals surface area contributed by atoms with Gasteiger partial charge in [-0.05, 0) is 11.8 Å². The van der Waals surface area contributed by atoms with E-state index in [9.17, 15) is 9.90 Å². The lowest BCUT2D eigenvalue weighted by Gasteiger charge is -2.22. The van der Waals surface area contributed by atoms with Gasteiger partial charge in [0.2, 0.25) is 0 Å². The van der Waals surface area contributed by atoms with Gasteiger partial charge in [0.15, 0.2) is 0 Å². The molecular weight excluding hydrogens is 168 g/mol. The lowest BCUT2D eigenvalue weighted by molar-refractivity contribution is -0.116. The molecule has 0 radical (unpaired) electrons. The summed E-state index contributed by atoms with van der Waals surface area (Å²) in [5.74, 6) is 0.0139. The highest BCUT2D eigenvalue weighted by atomic mass is 16.5. The Bertz CT molecular complexity index is 236. The molecule has 0 bridgehead atoms. The van der Waals surface area contributed by atoms with Crippen LogP contribution in [0.4, 0.5) is 0 Å². The zero-order valence-corrected chi connectivity index (χ0v) is 8.12. The monoisotopic (exact) mass is 184 g/mol. The number of carbonyl (C=O) groups is 1. The zero-order chi connectivity index (χ0) is 9.69. The molecule has 1 N–H and O–H groups in total. The molecule has 1 heterocycles. The van der Waals surface area contributed by atoms with Gasteiger partial charge < -0.3 is 14.6 Å². The van der Waals surface area contributed by atoms with Gasteiger partial charge in [-0.25, -0.2) is 0 Å². The van der Waals surface area contributed by atoms with Crippen LogP contribution in [0, 0.1) is 16.7 Å². The van der Waals surface area contributed by atoms with E-state index in [1.807, 2.05) is 0 Å². The Labute approximate surface area is 78.1 Å². The van der Waals surface area contributed by atoms with Crippen molar-refractivity contribution in [3.8, 4) is 0 Å². The number of ether oxygens (including phenoxy) is 1. The minimum Gasteiger partial charge on any atom is -0.390 e. The van der Waals surface area contributed by atoms with Crippen molar-refractivity contribution in [1.82, 2.24) is 0 Å². The minimum atomic E-state index is -0.452. The maximum Gasteiger partial charge on any atom is 0.127 e. The number of rotatable bonds is 2. The summed E-state index contributed by atoms with van der Waals surface area (Å²) in [6.45, 7) is 5.07. The smallest absolute Gasteiger partial charge is 0.127 e. The summed E-state index contributed by atoms with van der Waals surface area (Å²) in [7, 11) is 0. The van der Waals surface area contributed by atoms with Gasteiger partial charge in [-0.15, -0.1) is 0 Å². The van der Waals surface area contributed by atoms with Crippen LogP contribution in [0.15, 0.2) is 0 Å². The maximum absolute atomic E-state index is 11.1. The van der Waals surface area contributed by atoms with Gasteiger partial charge in [0.25, 0.3) is 0 Å². The van der Waals surface area contributed by atoms with Crippen LogP contribution in [0.1, 0.15) is 20.3 Å². The van der Waals surface area contributed by atoms with Crippen LogP contribution in [-0.4, -0.2) is 30.7 Å². The second kappa shape index (κ2) is 2.55. The highest BCUT2D eigenvalue weighted by Crippen LogP contribution is 2.67. The summed E-state index contributed by atoms with van der Waals surface area (Å²) in [6.07, 6.45) is 1.46. The molecule has 74 valence electrons. The Morgan fingerprint density at radius 1 is 1.46 bits per heavy atom. The predicted octanol–water partition coefficient (Wildman–Crippen LogP) is 0.609. The third-order valence-corrected chi connectivity index (χ3v) is 3.79. The van der Waals surface area contributed by atoms with E-state index in [2.05, 4.69) is 13.8 Å². The number of carbonyl (C=O) groups excluding carboxylic acids is 1. The first-order chi connectivity index (χ1) is 6.03. The van der Waals surface area contributed by atoms with E-state index in [0.717, 1.165) is 12.7 Å². The molecule has 3 unspecified atom stereocenters. The van der Waals surface area contributed by atoms with Crippen molar-refractivity contribution in [2.45, 2.75) is 26.4 Å². The van der Waals surface area contributed by atoms with Crippen LogP contribution >= 0.6 is 0 Å². The number of hydrogen-bond acceptors (Lipinski definition) is 3. The molecule has 3 heteroatoms. The topological polar surface area (TPSA) is 46.5 Å². The highest BCUT2D eigenvalue weighted by molar-refractivity contribution is 5.67. The van der Waals surface area contributed by atoms with Crippen LogP contribution in [0.5, 0.6) is 0 Å². The molecule has 0 amide bonds. The van der Waals surface area contributed by atoms with Crippen molar-refractivity contribution in [3.63, 3.8) is 0 Å². The second-order valence-corrected chi connectivity index (χ2v) is 4.93. The summed E-state index contributed by atoms with van der Waals surface area (Å²) >= 11 is 0. The van der Waals surface area contributed by atoms with E-state index >= 15 is 0 Å². The standard InChI is InChI=1S/C10H16O3/c1-9(2)5-10(9,6-11)7-3-13-4-8(7)12/h6-8,12H,3-5H2,1-2H3. The molecule has 2 aliphatic rings. The number of aldehydes is 1. The number of aliphatic hydroxyl groups is 1. The summed E-state index contributed by atoms with van der Waals surface area (Å²) in [5.41, 5.74) is -0.267. The van der Waals surface area contributed by atoms with Gasteiger partial charge in [-0.2, -0.15) is 0 Å². The summed E-state index contributed by atoms with van der Waals surface area (Å²) < 4.78 is 5.18. The van der Waals surface area contributed by atoms with Crippen LogP contribution in [0.2, 0.25) is 0 Å². The van der Waals surface area contributed by atoms with Crippen molar-refractivity contribution >= 4 is 6.29 Å². The van der Waals surface area contributed by atoms with Crippen molar-refractivity contribution in [1.29, 1.82) is 0 Å². The second-order valence-electron chi connectivity index (χ2n) is 4.93. The third kappa shape index (κ3) is 1.07. The normalized spacial score (nSPS) is 47.6. The van der Waals surface area contributed by atoms with Crippen LogP contribution < -0.4 is 0 Å². The van der Waals surface area contributed by atoms with Crippen LogP contribution in [0.3, 0.4) is 0 Å². The molecule has 3 nitrogen and oxygen atoms in total. The number of hydrogen-bond donors (Lipinski definition) is 1. The van der Waals surface area contributed by atoms with E-state index in [-0.39, 0.29) is 16.7 Å². The van der Waals surface area contributed by atoms with Crippen molar-refractivity contribution < 1.29 is 14.6 Å². The molecule has 3 atom stereocenters. The molecule has 13 heavy (non-hydrogen) atoms. The van der Waals surface area contributed by atoms with Gasteiger partial charge in [0.1, 0.15) is 6.29 Å². The Morgan fingerprint density at radius 2 is 2.08 bits per heavy atom. The first-order valence-corrected chi connectivity index (χ1v) is 4.76. The SMILES string of the molecule is CC1(C)CC1(C=O)C1COCC1O. The zero-order valence-electron chi connectivity index (χ0n) is 8.12. The van der Waals surface area contributed by atoms with Crippen molar-refractivity contribution in [2.75, 3.05) is 13.2 Å². The molecule has 1 saturated carbocycles. The fourth-order valence-electron chi connectivity index (χ4n) is 2.64. The average Bonchev–Trinajstić information content (AvgIpc) is 2.43. The van der Waals surface area contributed by atoms with E-state index < -0.39 is 6.10 Å². The molecule has 1 aliphatic carbocycles. The molecule has 0 spiro atoms. The minimum absolute atomic E-state index is 0.0139. The van der Waals surface area contributed by atoms with Gasteiger partial charge in [-0.3, -0.25) is 0 Å². The maximum atomic E-state index is 11.1. The molecule has 0 aromatic heterocycles. The van der Waals surface area contributed by atoms with Gasteiger partial charge in [-0.1, -0.05) is 13.8 Å². The summed E-state index contributed by atoms with van der Waals surface area (Å²) in [4.78, 5) is 11.1. The Kier molecular flexibility index (Phi) is 1.79. The molecule has 0 aromatic rings. The van der Waals surface area contributed by atoms with Gasteiger partial charge in [0, 0.05) is 11.3 Å². The Balaban J connectivity index is 2.19. The number of aliphatic hydroxyl groups excluding tert-OH is 1. The lowest BCUT2D eigenvalue weighted by atomic mass is 9.82. The van der Waals surface area contributed by atoms with Gasteiger partial charge in [0.05, 0.1) is 19.3 Å². The molecule has 1 saturated heterocycles. The average molecular weight is 184 g/mol. The van der Waals surface area contributed by atoms with Crippen LogP contribution in [0.25, 0.3) is 0 Å². The third-order valence-electron chi connectivity index (χ3n) is 3.79. The first kappa shape index (κ1) is 9.16. The van der Waals surface area contributed by atoms with E-state index in [0.29, 0.717) is 13.2 Å². The molecule has 0 aromatic carbocycles. The van der Waals surface area contributed by atoms with E-state index in [4.69, 9.17) is 4.74 Å². The molecular formula is C10H16O3. The van der Waals surface area contributed by atoms with Crippen molar-refractivity contribution in [2.24, 2.45) is 16.7 Å². The molecule has 2 rings (SSSR count). The van der Waals surface area contributed by atoms with Crippen molar-refractivity contribution in [3.05, 3.63) is 0 Å². The summed E-state index contributed by atoms with van der Waals surface area (Å²) in [6, 6.07) is 0. The van der Waals surface area contributed by atoms with E-state index in [1.54, 1.807) is 0 Å². The molecule has 2 fully saturated rings. The lowest BCUT2D eigenvalue weighted by Crippen LogP contribution is -2.32. The first-order valence-electron chi connectivity index (χ1n) is 4.76. The van der Waals surface area contributed by atoms with E-state index in [1.165, 1.54) is 0 Å². The quantitative estimate of drug-likeness (QED) is 0.639. The predicted molar refractivity (Wildman–Crippen MR) is 47.2 cm³/mol. The fraction of sp³-hybridized carbons (Fsp3) is 0.900. The molecule has 1 aliphatic heterocycles. The van der Waals surface area contributed by atoms with Gasteiger partial charge >= 0.3 is 0 Å². The Morgan fingerprint density at radius 3 is 2.38 bits per heavy atom.